The molecule has 1 N–H and O–H groups in total. The molecule has 6 nitrogen and oxygen atoms in total. The van der Waals surface area contributed by atoms with E-state index in [1.165, 1.54) is 0 Å². The largest absolute Gasteiger partial charge is 0.493 e. The monoisotopic (exact) mass is 411 g/mol. The van der Waals surface area contributed by atoms with Crippen LogP contribution in [-0.4, -0.2) is 38.7 Å². The van der Waals surface area contributed by atoms with E-state index in [2.05, 4.69) is 5.32 Å². The van der Waals surface area contributed by atoms with Crippen molar-refractivity contribution in [2.45, 2.75) is 6.42 Å². The summed E-state index contributed by atoms with van der Waals surface area (Å²) < 4.78 is 15.6. The average Bonchev–Trinajstić information content (AvgIpc) is 2.67. The quantitative estimate of drug-likeness (QED) is 0.506. The molecule has 0 atom stereocenters. The fourth-order valence-electron chi connectivity index (χ4n) is 2.15. The molecule has 0 aliphatic heterocycles. The molecule has 0 heterocycles. The van der Waals surface area contributed by atoms with Crippen molar-refractivity contribution in [1.29, 1.82) is 0 Å². The molecule has 8 heteroatoms. The number of para-hydroxylation sites is 2. The van der Waals surface area contributed by atoms with E-state index in [0.717, 1.165) is 0 Å². The van der Waals surface area contributed by atoms with Crippen LogP contribution in [0, 0.1) is 0 Å². The molecule has 0 radical (unpaired) electrons. The molecular formula is C19H19Cl2NO5. The van der Waals surface area contributed by atoms with Gasteiger partial charge in [0, 0.05) is 0 Å². The van der Waals surface area contributed by atoms with Crippen molar-refractivity contribution >= 4 is 35.1 Å². The molecule has 2 aromatic rings. The number of halogens is 2. The van der Waals surface area contributed by atoms with E-state index >= 15 is 0 Å². The van der Waals surface area contributed by atoms with Crippen LogP contribution in [0.1, 0.15) is 5.56 Å². The summed E-state index contributed by atoms with van der Waals surface area (Å²) in [7, 11) is 1.55. The first-order valence-corrected chi connectivity index (χ1v) is 8.87. The first-order valence-electron chi connectivity index (χ1n) is 8.11. The van der Waals surface area contributed by atoms with Crippen molar-refractivity contribution in [3.8, 4) is 11.5 Å². The Bertz CT molecular complexity index is 797. The average molecular weight is 412 g/mol. The summed E-state index contributed by atoms with van der Waals surface area (Å²) in [5, 5.41) is 3.37. The van der Waals surface area contributed by atoms with Gasteiger partial charge in [-0.2, -0.15) is 0 Å². The number of ether oxygens (including phenoxy) is 3. The van der Waals surface area contributed by atoms with E-state index in [1.807, 2.05) is 12.1 Å². The number of benzene rings is 2. The molecule has 2 aromatic carbocycles. The van der Waals surface area contributed by atoms with Crippen LogP contribution in [0.3, 0.4) is 0 Å². The maximum Gasteiger partial charge on any atom is 0.310 e. The lowest BCUT2D eigenvalue weighted by molar-refractivity contribution is -0.147. The van der Waals surface area contributed by atoms with Crippen molar-refractivity contribution in [3.63, 3.8) is 0 Å². The third-order valence-electron chi connectivity index (χ3n) is 3.45. The van der Waals surface area contributed by atoms with Gasteiger partial charge in [0.2, 0.25) is 0 Å². The van der Waals surface area contributed by atoms with Gasteiger partial charge >= 0.3 is 5.97 Å². The van der Waals surface area contributed by atoms with E-state index in [4.69, 9.17) is 37.4 Å². The number of hydrogen-bond acceptors (Lipinski definition) is 5. The van der Waals surface area contributed by atoms with Crippen LogP contribution < -0.4 is 14.8 Å². The second-order valence-corrected chi connectivity index (χ2v) is 6.25. The number of rotatable bonds is 9. The molecule has 0 saturated heterocycles. The summed E-state index contributed by atoms with van der Waals surface area (Å²) >= 11 is 11.7. The molecule has 1 amide bonds. The predicted molar refractivity (Wildman–Crippen MR) is 103 cm³/mol. The Morgan fingerprint density at radius 3 is 2.48 bits per heavy atom. The summed E-state index contributed by atoms with van der Waals surface area (Å²) in [5.74, 6) is 0.247. The van der Waals surface area contributed by atoms with E-state index in [1.54, 1.807) is 37.4 Å². The molecule has 0 aliphatic rings. The Balaban J connectivity index is 1.65. The van der Waals surface area contributed by atoms with E-state index in [9.17, 15) is 9.59 Å². The van der Waals surface area contributed by atoms with Gasteiger partial charge in [-0.15, -0.1) is 0 Å². The summed E-state index contributed by atoms with van der Waals surface area (Å²) in [6.45, 7) is 0.152. The zero-order valence-electron chi connectivity index (χ0n) is 14.7. The van der Waals surface area contributed by atoms with Crippen LogP contribution in [0.4, 0.5) is 0 Å². The van der Waals surface area contributed by atoms with Gasteiger partial charge in [-0.1, -0.05) is 41.4 Å². The fraction of sp³-hybridized carbons (Fsp3) is 0.263. The minimum atomic E-state index is -0.534. The Morgan fingerprint density at radius 1 is 1.04 bits per heavy atom. The maximum absolute atomic E-state index is 11.8. The molecule has 0 fully saturated rings. The van der Waals surface area contributed by atoms with Gasteiger partial charge in [0.1, 0.15) is 6.61 Å². The number of carbonyl (C=O) groups is 2. The molecule has 0 bridgehead atoms. The van der Waals surface area contributed by atoms with Crippen LogP contribution in [0.15, 0.2) is 42.5 Å². The van der Waals surface area contributed by atoms with Crippen LogP contribution in [-0.2, 0) is 20.7 Å². The zero-order valence-corrected chi connectivity index (χ0v) is 16.2. The smallest absolute Gasteiger partial charge is 0.310 e. The number of esters is 1. The molecule has 0 aliphatic carbocycles. The van der Waals surface area contributed by atoms with E-state index in [-0.39, 0.29) is 26.2 Å². The number of methoxy groups -OCH3 is 1. The molecule has 0 spiro atoms. The fourth-order valence-corrected chi connectivity index (χ4v) is 2.47. The van der Waals surface area contributed by atoms with Crippen molar-refractivity contribution in [2.24, 2.45) is 0 Å². The lowest BCUT2D eigenvalue weighted by Crippen LogP contribution is -2.32. The van der Waals surface area contributed by atoms with E-state index in [0.29, 0.717) is 27.1 Å². The second kappa shape index (κ2) is 10.6. The number of carbonyl (C=O) groups excluding carboxylic acids is 2. The third-order valence-corrected chi connectivity index (χ3v) is 4.19. The highest BCUT2D eigenvalue weighted by Gasteiger charge is 2.10. The van der Waals surface area contributed by atoms with Crippen molar-refractivity contribution < 1.29 is 23.8 Å². The van der Waals surface area contributed by atoms with Crippen molar-refractivity contribution in [3.05, 3.63) is 58.1 Å². The highest BCUT2D eigenvalue weighted by molar-refractivity contribution is 6.42. The Morgan fingerprint density at radius 2 is 1.78 bits per heavy atom. The van der Waals surface area contributed by atoms with Gasteiger partial charge in [0.15, 0.2) is 18.1 Å². The lowest BCUT2D eigenvalue weighted by Gasteiger charge is -2.11. The highest BCUT2D eigenvalue weighted by atomic mass is 35.5. The van der Waals surface area contributed by atoms with Crippen LogP contribution in [0.2, 0.25) is 10.0 Å². The lowest BCUT2D eigenvalue weighted by atomic mass is 10.1. The van der Waals surface area contributed by atoms with Gasteiger partial charge in [-0.3, -0.25) is 9.59 Å². The summed E-state index contributed by atoms with van der Waals surface area (Å²) in [4.78, 5) is 23.5. The Hall–Kier alpha value is -2.44. The standard InChI is InChI=1S/C19H19Cl2NO5/c1-25-16-4-2-3-5-17(16)26-9-8-22-18(23)12-27-19(24)11-13-6-7-14(20)15(21)10-13/h2-7,10H,8-9,11-12H2,1H3,(H,22,23). The molecular weight excluding hydrogens is 393 g/mol. The van der Waals surface area contributed by atoms with Crippen molar-refractivity contribution in [1.82, 2.24) is 5.32 Å². The summed E-state index contributed by atoms with van der Waals surface area (Å²) in [5.41, 5.74) is 0.653. The first-order chi connectivity index (χ1) is 13.0. The second-order valence-electron chi connectivity index (χ2n) is 5.44. The molecule has 144 valence electrons. The molecule has 0 unspecified atom stereocenters. The van der Waals surface area contributed by atoms with E-state index < -0.39 is 11.9 Å². The van der Waals surface area contributed by atoms with Crippen LogP contribution in [0.25, 0.3) is 0 Å². The normalized spacial score (nSPS) is 10.2. The van der Waals surface area contributed by atoms with Gasteiger partial charge < -0.3 is 19.5 Å². The van der Waals surface area contributed by atoms with Crippen LogP contribution >= 0.6 is 23.2 Å². The van der Waals surface area contributed by atoms with Gasteiger partial charge in [0.25, 0.3) is 5.91 Å². The predicted octanol–water partition coefficient (Wildman–Crippen LogP) is 3.28. The summed E-state index contributed by atoms with van der Waals surface area (Å²) in [6.07, 6.45) is 0.00107. The molecule has 27 heavy (non-hydrogen) atoms. The summed E-state index contributed by atoms with van der Waals surface area (Å²) in [6, 6.07) is 12.1. The molecule has 0 aromatic heterocycles. The minimum absolute atomic E-state index is 0.00107. The van der Waals surface area contributed by atoms with Gasteiger partial charge in [-0.05, 0) is 29.8 Å². The van der Waals surface area contributed by atoms with Crippen molar-refractivity contribution in [2.75, 3.05) is 26.9 Å². The Labute approximate surface area is 167 Å². The molecule has 0 saturated carbocycles. The SMILES string of the molecule is COc1ccccc1OCCNC(=O)COC(=O)Cc1ccc(Cl)c(Cl)c1. The van der Waals surface area contributed by atoms with Gasteiger partial charge in [0.05, 0.1) is 30.1 Å². The first kappa shape index (κ1) is 20.9. The number of amides is 1. The topological polar surface area (TPSA) is 73.9 Å². The highest BCUT2D eigenvalue weighted by Crippen LogP contribution is 2.25. The number of hydrogen-bond donors (Lipinski definition) is 1. The number of nitrogens with one attached hydrogen (secondary N) is 1. The third kappa shape index (κ3) is 7.00. The van der Waals surface area contributed by atoms with Gasteiger partial charge in [-0.25, -0.2) is 0 Å². The minimum Gasteiger partial charge on any atom is -0.493 e. The van der Waals surface area contributed by atoms with Crippen LogP contribution in [0.5, 0.6) is 11.5 Å². The Kier molecular flexibility index (Phi) is 8.23. The molecule has 2 rings (SSSR count). The maximum atomic E-state index is 11.8. The zero-order chi connectivity index (χ0) is 19.6.